The van der Waals surface area contributed by atoms with Gasteiger partial charge in [-0.05, 0) is 68.9 Å². The van der Waals surface area contributed by atoms with E-state index in [1.165, 1.54) is 48.1 Å². The maximum atomic E-state index is 12.5. The zero-order chi connectivity index (χ0) is 20.3. The molecule has 1 aliphatic rings. The summed E-state index contributed by atoms with van der Waals surface area (Å²) >= 11 is 8.23. The number of thiophene rings is 2. The molecular formula is C19H23N3O3S3. The lowest BCUT2D eigenvalue weighted by Crippen LogP contribution is -2.43. The van der Waals surface area contributed by atoms with Crippen molar-refractivity contribution in [1.29, 1.82) is 0 Å². The molecular weight excluding hydrogens is 414 g/mol. The predicted molar refractivity (Wildman–Crippen MR) is 118 cm³/mol. The van der Waals surface area contributed by atoms with E-state index >= 15 is 0 Å². The first-order valence-electron chi connectivity index (χ1n) is 9.08. The molecule has 0 bridgehead atoms. The number of ether oxygens (including phenoxy) is 1. The second kappa shape index (κ2) is 9.02. The first-order chi connectivity index (χ1) is 13.4. The first kappa shape index (κ1) is 20.8. The van der Waals surface area contributed by atoms with Crippen molar-refractivity contribution in [2.75, 3.05) is 12.4 Å². The first-order valence-corrected chi connectivity index (χ1v) is 11.1. The number of amides is 1. The lowest BCUT2D eigenvalue weighted by atomic mass is 10.1. The van der Waals surface area contributed by atoms with Crippen molar-refractivity contribution in [2.45, 2.75) is 46.0 Å². The molecule has 3 rings (SSSR count). The summed E-state index contributed by atoms with van der Waals surface area (Å²) in [5.41, 5.74) is 7.96. The van der Waals surface area contributed by atoms with Crippen molar-refractivity contribution in [3.05, 3.63) is 37.4 Å². The topological polar surface area (TPSA) is 79.5 Å². The Hall–Kier alpha value is -1.97. The van der Waals surface area contributed by atoms with Gasteiger partial charge in [-0.15, -0.1) is 22.7 Å². The van der Waals surface area contributed by atoms with Crippen LogP contribution in [0.1, 0.15) is 60.2 Å². The lowest BCUT2D eigenvalue weighted by molar-refractivity contribution is 0.0601. The van der Waals surface area contributed by atoms with Gasteiger partial charge >= 0.3 is 5.97 Å². The Balaban J connectivity index is 1.61. The number of aryl methyl sites for hydroxylation is 3. The van der Waals surface area contributed by atoms with Gasteiger partial charge in [0, 0.05) is 9.75 Å². The van der Waals surface area contributed by atoms with Crippen LogP contribution < -0.4 is 16.2 Å². The van der Waals surface area contributed by atoms with Crippen LogP contribution in [0.3, 0.4) is 0 Å². The van der Waals surface area contributed by atoms with Gasteiger partial charge in [0.05, 0.1) is 17.6 Å². The third kappa shape index (κ3) is 4.53. The number of carbonyl (C=O) groups is 2. The fourth-order valence-electron chi connectivity index (χ4n) is 3.15. The van der Waals surface area contributed by atoms with Crippen LogP contribution in [0, 0.1) is 13.8 Å². The number of hydrazine groups is 1. The predicted octanol–water partition coefficient (Wildman–Crippen LogP) is 4.11. The van der Waals surface area contributed by atoms with E-state index in [1.54, 1.807) is 11.3 Å². The van der Waals surface area contributed by atoms with Crippen LogP contribution in [0.25, 0.3) is 0 Å². The second-order valence-electron chi connectivity index (χ2n) is 6.63. The SMILES string of the molecule is COC(=O)c1c(NC(=S)NNC(=O)c2cc3c(s2)CCCCC3)sc(C)c1C. The highest BCUT2D eigenvalue weighted by atomic mass is 32.1. The molecule has 1 amide bonds. The van der Waals surface area contributed by atoms with E-state index in [4.69, 9.17) is 17.0 Å². The van der Waals surface area contributed by atoms with Crippen molar-refractivity contribution in [3.8, 4) is 0 Å². The maximum Gasteiger partial charge on any atom is 0.341 e. The van der Waals surface area contributed by atoms with Gasteiger partial charge in [-0.1, -0.05) is 6.42 Å². The number of carbonyl (C=O) groups excluding carboxylic acids is 2. The number of rotatable bonds is 3. The summed E-state index contributed by atoms with van der Waals surface area (Å²) in [6.07, 6.45) is 5.70. The van der Waals surface area contributed by atoms with Crippen LogP contribution in [-0.2, 0) is 17.6 Å². The summed E-state index contributed by atoms with van der Waals surface area (Å²) in [4.78, 5) is 27.5. The number of nitrogens with one attached hydrogen (secondary N) is 3. The van der Waals surface area contributed by atoms with E-state index in [-0.39, 0.29) is 11.0 Å². The number of methoxy groups -OCH3 is 1. The van der Waals surface area contributed by atoms with Gasteiger partial charge in [0.15, 0.2) is 5.11 Å². The summed E-state index contributed by atoms with van der Waals surface area (Å²) in [5, 5.41) is 3.78. The smallest absolute Gasteiger partial charge is 0.341 e. The molecule has 150 valence electrons. The molecule has 0 saturated carbocycles. The van der Waals surface area contributed by atoms with Crippen LogP contribution in [0.15, 0.2) is 6.07 Å². The zero-order valence-corrected chi connectivity index (χ0v) is 18.5. The van der Waals surface area contributed by atoms with Crippen LogP contribution >= 0.6 is 34.9 Å². The summed E-state index contributed by atoms with van der Waals surface area (Å²) in [6, 6.07) is 1.99. The summed E-state index contributed by atoms with van der Waals surface area (Å²) in [5.74, 6) is -0.634. The van der Waals surface area contributed by atoms with Gasteiger partial charge in [-0.2, -0.15) is 0 Å². The fourth-order valence-corrected chi connectivity index (χ4v) is 5.57. The lowest BCUT2D eigenvalue weighted by Gasteiger charge is -2.11. The number of thiocarbonyl (C=S) groups is 1. The third-order valence-corrected chi connectivity index (χ3v) is 7.32. The van der Waals surface area contributed by atoms with Crippen molar-refractivity contribution in [3.63, 3.8) is 0 Å². The fraction of sp³-hybridized carbons (Fsp3) is 0.421. The minimum absolute atomic E-state index is 0.206. The van der Waals surface area contributed by atoms with Gasteiger partial charge in [-0.3, -0.25) is 15.6 Å². The molecule has 0 aromatic carbocycles. The number of fused-ring (bicyclic) bond motifs is 1. The van der Waals surface area contributed by atoms with E-state index in [1.807, 2.05) is 19.9 Å². The zero-order valence-electron chi connectivity index (χ0n) is 16.1. The van der Waals surface area contributed by atoms with E-state index in [0.717, 1.165) is 23.3 Å². The average Bonchev–Trinajstić information content (AvgIpc) is 3.11. The van der Waals surface area contributed by atoms with Crippen LogP contribution in [-0.4, -0.2) is 24.1 Å². The third-order valence-electron chi connectivity index (χ3n) is 4.76. The molecule has 2 aromatic heterocycles. The van der Waals surface area contributed by atoms with Gasteiger partial charge in [0.2, 0.25) is 0 Å². The molecule has 6 nitrogen and oxygen atoms in total. The van der Waals surface area contributed by atoms with Crippen molar-refractivity contribution >= 4 is 56.9 Å². The Kier molecular flexibility index (Phi) is 6.69. The van der Waals surface area contributed by atoms with Gasteiger partial charge in [0.25, 0.3) is 5.91 Å². The molecule has 1 aliphatic carbocycles. The number of esters is 1. The summed E-state index contributed by atoms with van der Waals surface area (Å²) < 4.78 is 4.85. The molecule has 0 saturated heterocycles. The van der Waals surface area contributed by atoms with Crippen LogP contribution in [0.2, 0.25) is 0 Å². The molecule has 0 spiro atoms. The molecule has 0 unspecified atom stereocenters. The molecule has 3 N–H and O–H groups in total. The standard InChI is InChI=1S/C19H23N3O3S3/c1-10-11(2)27-17(15(10)18(24)25-3)20-19(26)22-21-16(23)14-9-12-7-5-4-6-8-13(12)28-14/h9H,4-8H2,1-3H3,(H,21,23)(H2,20,22,26). The largest absolute Gasteiger partial charge is 0.465 e. The molecule has 0 aliphatic heterocycles. The molecule has 0 atom stereocenters. The molecule has 9 heteroatoms. The van der Waals surface area contributed by atoms with Crippen molar-refractivity contribution in [1.82, 2.24) is 10.9 Å². The molecule has 0 fully saturated rings. The van der Waals surface area contributed by atoms with E-state index in [2.05, 4.69) is 16.2 Å². The number of hydrogen-bond acceptors (Lipinski definition) is 6. The highest BCUT2D eigenvalue weighted by Gasteiger charge is 2.21. The van der Waals surface area contributed by atoms with E-state index in [9.17, 15) is 9.59 Å². The quantitative estimate of drug-likeness (QED) is 0.290. The normalized spacial score (nSPS) is 13.2. The molecule has 28 heavy (non-hydrogen) atoms. The molecule has 0 radical (unpaired) electrons. The molecule has 2 heterocycles. The van der Waals surface area contributed by atoms with Crippen LogP contribution in [0.4, 0.5) is 5.00 Å². The second-order valence-corrected chi connectivity index (χ2v) is 9.40. The minimum Gasteiger partial charge on any atom is -0.465 e. The number of hydrogen-bond donors (Lipinski definition) is 3. The van der Waals surface area contributed by atoms with Gasteiger partial charge < -0.3 is 10.1 Å². The highest BCUT2D eigenvalue weighted by molar-refractivity contribution is 7.80. The minimum atomic E-state index is -0.420. The summed E-state index contributed by atoms with van der Waals surface area (Å²) in [6.45, 7) is 3.79. The Bertz CT molecular complexity index is 894. The van der Waals surface area contributed by atoms with Gasteiger partial charge in [0.1, 0.15) is 5.00 Å². The Morgan fingerprint density at radius 3 is 2.61 bits per heavy atom. The summed E-state index contributed by atoms with van der Waals surface area (Å²) in [7, 11) is 1.35. The highest BCUT2D eigenvalue weighted by Crippen LogP contribution is 2.33. The Morgan fingerprint density at radius 2 is 1.86 bits per heavy atom. The Morgan fingerprint density at radius 1 is 1.11 bits per heavy atom. The van der Waals surface area contributed by atoms with E-state index in [0.29, 0.717) is 15.4 Å². The van der Waals surface area contributed by atoms with Crippen molar-refractivity contribution < 1.29 is 14.3 Å². The van der Waals surface area contributed by atoms with Crippen LogP contribution in [0.5, 0.6) is 0 Å². The van der Waals surface area contributed by atoms with Gasteiger partial charge in [-0.25, -0.2) is 4.79 Å². The van der Waals surface area contributed by atoms with Crippen molar-refractivity contribution in [2.24, 2.45) is 0 Å². The maximum absolute atomic E-state index is 12.5. The molecule has 2 aromatic rings. The monoisotopic (exact) mass is 437 g/mol. The van der Waals surface area contributed by atoms with E-state index < -0.39 is 5.97 Å². The average molecular weight is 438 g/mol. The Labute approximate surface area is 177 Å². The number of anilines is 1.